The molecule has 0 bridgehead atoms. The van der Waals surface area contributed by atoms with Crippen LogP contribution in [0.1, 0.15) is 53.4 Å². The van der Waals surface area contributed by atoms with Gasteiger partial charge in [0.05, 0.1) is 11.7 Å². The summed E-state index contributed by atoms with van der Waals surface area (Å²) in [6.07, 6.45) is 3.99. The molecule has 0 aromatic carbocycles. The lowest BCUT2D eigenvalue weighted by atomic mass is 9.93. The summed E-state index contributed by atoms with van der Waals surface area (Å²) in [7, 11) is 1.75. The Morgan fingerprint density at radius 1 is 1.36 bits per heavy atom. The van der Waals surface area contributed by atoms with E-state index in [9.17, 15) is 5.11 Å². The quantitative estimate of drug-likeness (QED) is 0.687. The Kier molecular flexibility index (Phi) is 6.38. The highest BCUT2D eigenvalue weighted by molar-refractivity contribution is 4.70. The van der Waals surface area contributed by atoms with Crippen molar-refractivity contribution in [2.24, 2.45) is 5.92 Å². The van der Waals surface area contributed by atoms with E-state index in [0.717, 1.165) is 25.7 Å². The lowest BCUT2D eigenvalue weighted by molar-refractivity contribution is 0.0106. The molecule has 0 heterocycles. The van der Waals surface area contributed by atoms with E-state index < -0.39 is 0 Å². The van der Waals surface area contributed by atoms with Crippen LogP contribution >= 0.6 is 0 Å². The van der Waals surface area contributed by atoms with Crippen molar-refractivity contribution in [1.82, 2.24) is 0 Å². The van der Waals surface area contributed by atoms with Crippen LogP contribution in [0.3, 0.4) is 0 Å². The van der Waals surface area contributed by atoms with Crippen LogP contribution in [-0.2, 0) is 4.74 Å². The molecule has 0 aromatic heterocycles. The zero-order valence-corrected chi connectivity index (χ0v) is 10.3. The van der Waals surface area contributed by atoms with Crippen LogP contribution in [0.5, 0.6) is 0 Å². The van der Waals surface area contributed by atoms with E-state index in [1.807, 2.05) is 6.92 Å². The molecule has 14 heavy (non-hydrogen) atoms. The lowest BCUT2D eigenvalue weighted by Gasteiger charge is -2.24. The van der Waals surface area contributed by atoms with Gasteiger partial charge in [0.2, 0.25) is 0 Å². The summed E-state index contributed by atoms with van der Waals surface area (Å²) < 4.78 is 5.34. The van der Waals surface area contributed by atoms with Gasteiger partial charge in [-0.3, -0.25) is 0 Å². The van der Waals surface area contributed by atoms with Gasteiger partial charge in [-0.2, -0.15) is 0 Å². The molecule has 1 N–H and O–H groups in total. The predicted molar refractivity (Wildman–Crippen MR) is 60.4 cm³/mol. The Morgan fingerprint density at radius 2 is 1.93 bits per heavy atom. The van der Waals surface area contributed by atoms with E-state index in [2.05, 4.69) is 20.8 Å². The number of methoxy groups -OCH3 is 1. The smallest absolute Gasteiger partial charge is 0.0622 e. The molecule has 2 heteroatoms. The molecule has 0 rings (SSSR count). The zero-order chi connectivity index (χ0) is 11.2. The fraction of sp³-hybridized carbons (Fsp3) is 1.00. The second-order valence-corrected chi connectivity index (χ2v) is 4.81. The predicted octanol–water partition coefficient (Wildman–Crippen LogP) is 2.99. The highest BCUT2D eigenvalue weighted by atomic mass is 16.5. The molecule has 0 saturated heterocycles. The summed E-state index contributed by atoms with van der Waals surface area (Å²) in [5.41, 5.74) is -0.0170. The van der Waals surface area contributed by atoms with Crippen LogP contribution < -0.4 is 0 Å². The van der Waals surface area contributed by atoms with Crippen LogP contribution in [0.15, 0.2) is 0 Å². The summed E-state index contributed by atoms with van der Waals surface area (Å²) in [4.78, 5) is 0. The average molecular weight is 202 g/mol. The largest absolute Gasteiger partial charge is 0.393 e. The fourth-order valence-corrected chi connectivity index (χ4v) is 1.55. The minimum atomic E-state index is -0.138. The molecule has 0 aromatic rings. The second-order valence-electron chi connectivity index (χ2n) is 4.81. The molecule has 0 spiro atoms. The molecular formula is C12H26O2. The fourth-order valence-electron chi connectivity index (χ4n) is 1.55. The number of aliphatic hydroxyl groups is 1. The maximum absolute atomic E-state index is 9.58. The van der Waals surface area contributed by atoms with E-state index in [-0.39, 0.29) is 11.7 Å². The molecule has 2 atom stereocenters. The lowest BCUT2D eigenvalue weighted by Crippen LogP contribution is -2.23. The number of ether oxygens (including phenoxy) is 1. The first-order valence-corrected chi connectivity index (χ1v) is 5.66. The summed E-state index contributed by atoms with van der Waals surface area (Å²) in [6.45, 7) is 8.36. The van der Waals surface area contributed by atoms with E-state index in [1.165, 1.54) is 0 Å². The van der Waals surface area contributed by atoms with Crippen LogP contribution in [0, 0.1) is 5.92 Å². The number of hydrogen-bond acceptors (Lipinski definition) is 2. The Balaban J connectivity index is 3.63. The van der Waals surface area contributed by atoms with E-state index in [1.54, 1.807) is 7.11 Å². The van der Waals surface area contributed by atoms with Crippen molar-refractivity contribution in [1.29, 1.82) is 0 Å². The summed E-state index contributed by atoms with van der Waals surface area (Å²) >= 11 is 0. The highest BCUT2D eigenvalue weighted by Gasteiger charge is 2.17. The van der Waals surface area contributed by atoms with E-state index in [0.29, 0.717) is 5.92 Å². The van der Waals surface area contributed by atoms with Crippen molar-refractivity contribution in [3.63, 3.8) is 0 Å². The third-order valence-electron chi connectivity index (χ3n) is 3.07. The molecule has 0 aliphatic rings. The van der Waals surface area contributed by atoms with Crippen LogP contribution in [0.25, 0.3) is 0 Å². The van der Waals surface area contributed by atoms with Gasteiger partial charge in [0, 0.05) is 7.11 Å². The highest BCUT2D eigenvalue weighted by Crippen LogP contribution is 2.21. The molecule has 0 aliphatic heterocycles. The van der Waals surface area contributed by atoms with Crippen molar-refractivity contribution >= 4 is 0 Å². The molecule has 2 nitrogen and oxygen atoms in total. The van der Waals surface area contributed by atoms with Crippen molar-refractivity contribution < 1.29 is 9.84 Å². The Bertz CT molecular complexity index is 143. The molecule has 0 aliphatic carbocycles. The first kappa shape index (κ1) is 13.9. The maximum atomic E-state index is 9.58. The van der Waals surface area contributed by atoms with Gasteiger partial charge in [0.25, 0.3) is 0 Å². The molecular weight excluding hydrogens is 176 g/mol. The van der Waals surface area contributed by atoms with Crippen molar-refractivity contribution in [3.05, 3.63) is 0 Å². The topological polar surface area (TPSA) is 29.5 Å². The number of rotatable bonds is 7. The van der Waals surface area contributed by atoms with Gasteiger partial charge in [-0.05, 0) is 39.0 Å². The average Bonchev–Trinajstić information content (AvgIpc) is 2.16. The zero-order valence-electron chi connectivity index (χ0n) is 10.3. The van der Waals surface area contributed by atoms with Crippen LogP contribution in [0.2, 0.25) is 0 Å². The minimum absolute atomic E-state index is 0.0170. The normalized spacial score (nSPS) is 16.7. The van der Waals surface area contributed by atoms with Gasteiger partial charge in [0.1, 0.15) is 0 Å². The van der Waals surface area contributed by atoms with Gasteiger partial charge < -0.3 is 9.84 Å². The molecule has 0 fully saturated rings. The summed E-state index contributed by atoms with van der Waals surface area (Å²) in [6, 6.07) is 0. The molecule has 2 unspecified atom stereocenters. The Morgan fingerprint density at radius 3 is 2.36 bits per heavy atom. The van der Waals surface area contributed by atoms with Gasteiger partial charge in [-0.1, -0.05) is 20.3 Å². The molecule has 0 amide bonds. The first-order valence-electron chi connectivity index (χ1n) is 5.66. The monoisotopic (exact) mass is 202 g/mol. The Hall–Kier alpha value is -0.0800. The number of hydrogen-bond donors (Lipinski definition) is 1. The molecule has 0 saturated carbocycles. The van der Waals surface area contributed by atoms with Gasteiger partial charge in [-0.25, -0.2) is 0 Å². The van der Waals surface area contributed by atoms with Gasteiger partial charge >= 0.3 is 0 Å². The van der Waals surface area contributed by atoms with Gasteiger partial charge in [0.15, 0.2) is 0 Å². The van der Waals surface area contributed by atoms with Crippen molar-refractivity contribution in [3.8, 4) is 0 Å². The van der Waals surface area contributed by atoms with Crippen LogP contribution in [-0.4, -0.2) is 23.9 Å². The summed E-state index contributed by atoms with van der Waals surface area (Å²) in [5.74, 6) is 0.410. The van der Waals surface area contributed by atoms with Crippen LogP contribution in [0.4, 0.5) is 0 Å². The SMILES string of the molecule is CCC(O)C(C)CCCC(C)(C)OC. The third kappa shape index (κ3) is 5.61. The van der Waals surface area contributed by atoms with E-state index in [4.69, 9.17) is 4.74 Å². The van der Waals surface area contributed by atoms with Crippen molar-refractivity contribution in [2.75, 3.05) is 7.11 Å². The standard InChI is InChI=1S/C12H26O2/c1-6-11(13)10(2)8-7-9-12(3,4)14-5/h10-11,13H,6-9H2,1-5H3. The van der Waals surface area contributed by atoms with E-state index >= 15 is 0 Å². The number of aliphatic hydroxyl groups excluding tert-OH is 1. The first-order chi connectivity index (χ1) is 6.43. The van der Waals surface area contributed by atoms with Crippen molar-refractivity contribution in [2.45, 2.75) is 65.1 Å². The minimum Gasteiger partial charge on any atom is -0.393 e. The second kappa shape index (κ2) is 6.41. The maximum Gasteiger partial charge on any atom is 0.0622 e. The molecule has 86 valence electrons. The summed E-state index contributed by atoms with van der Waals surface area (Å²) in [5, 5.41) is 9.58. The van der Waals surface area contributed by atoms with Gasteiger partial charge in [-0.15, -0.1) is 0 Å². The molecule has 0 radical (unpaired) electrons. The Labute approximate surface area is 88.7 Å². The third-order valence-corrected chi connectivity index (χ3v) is 3.07.